The summed E-state index contributed by atoms with van der Waals surface area (Å²) in [6, 6.07) is 9.11. The molecule has 0 unspecified atom stereocenters. The third-order valence-corrected chi connectivity index (χ3v) is 7.82. The monoisotopic (exact) mass is 332 g/mol. The van der Waals surface area contributed by atoms with Crippen LogP contribution in [0, 0.1) is 0 Å². The molecule has 2 aromatic carbocycles. The zero-order valence-corrected chi connectivity index (χ0v) is 14.4. The van der Waals surface area contributed by atoms with E-state index in [1.54, 1.807) is 0 Å². The Morgan fingerprint density at radius 2 is 1.15 bits per heavy atom. The van der Waals surface area contributed by atoms with Crippen molar-refractivity contribution in [2.24, 2.45) is 0 Å². The summed E-state index contributed by atoms with van der Waals surface area (Å²) < 4.78 is 2.76. The summed E-state index contributed by atoms with van der Waals surface area (Å²) in [5.41, 5.74) is 2.73. The number of thioether (sulfide) groups is 4. The van der Waals surface area contributed by atoms with E-state index in [-0.39, 0.29) is 0 Å². The Balaban J connectivity index is 2.06. The Morgan fingerprint density at radius 1 is 0.700 bits per heavy atom. The van der Waals surface area contributed by atoms with E-state index in [1.165, 1.54) is 40.2 Å². The Kier molecular flexibility index (Phi) is 3.38. The molecule has 2 aliphatic rings. The molecule has 100 valence electrons. The topological polar surface area (TPSA) is 0 Å². The second-order valence-corrected chi connectivity index (χ2v) is 8.98. The molecule has 0 aliphatic carbocycles. The molecule has 0 nitrogen and oxygen atoms in total. The average Bonchev–Trinajstić information content (AvgIpc) is 2.51. The molecule has 0 fully saturated rings. The second-order valence-electron chi connectivity index (χ2n) is 4.59. The fraction of sp³-hybridized carbons (Fsp3) is 0.125. The van der Waals surface area contributed by atoms with Crippen molar-refractivity contribution in [2.45, 2.75) is 9.79 Å². The van der Waals surface area contributed by atoms with Crippen molar-refractivity contribution in [2.75, 3.05) is 12.5 Å². The molecule has 0 spiro atoms. The van der Waals surface area contributed by atoms with Gasteiger partial charge in [-0.1, -0.05) is 35.7 Å². The molecule has 20 heavy (non-hydrogen) atoms. The van der Waals surface area contributed by atoms with E-state index in [2.05, 4.69) is 48.9 Å². The van der Waals surface area contributed by atoms with Gasteiger partial charge in [0.2, 0.25) is 0 Å². The van der Waals surface area contributed by atoms with Crippen molar-refractivity contribution in [3.63, 3.8) is 0 Å². The van der Waals surface area contributed by atoms with E-state index >= 15 is 0 Å². The highest BCUT2D eigenvalue weighted by Crippen LogP contribution is 2.51. The Hall–Kier alpha value is -0.420. The molecule has 2 heterocycles. The van der Waals surface area contributed by atoms with Crippen molar-refractivity contribution in [1.82, 2.24) is 0 Å². The van der Waals surface area contributed by atoms with Gasteiger partial charge in [0.25, 0.3) is 0 Å². The summed E-state index contributed by atoms with van der Waals surface area (Å²) in [7, 11) is 0. The van der Waals surface area contributed by atoms with Crippen LogP contribution < -0.4 is 0 Å². The molecular weight excluding hydrogens is 320 g/mol. The van der Waals surface area contributed by atoms with Crippen LogP contribution in [0.4, 0.5) is 0 Å². The van der Waals surface area contributed by atoms with Crippen LogP contribution in [0.25, 0.3) is 22.9 Å². The van der Waals surface area contributed by atoms with E-state index in [9.17, 15) is 0 Å². The molecule has 2 aliphatic heterocycles. The number of benzene rings is 2. The third-order valence-electron chi connectivity index (χ3n) is 3.52. The van der Waals surface area contributed by atoms with Crippen LogP contribution >= 0.6 is 47.0 Å². The van der Waals surface area contributed by atoms with Crippen molar-refractivity contribution >= 4 is 70.0 Å². The van der Waals surface area contributed by atoms with E-state index in [4.69, 9.17) is 0 Å². The molecular formula is C16H12S4. The summed E-state index contributed by atoms with van der Waals surface area (Å²) in [6.45, 7) is 0. The number of hydrogen-bond acceptors (Lipinski definition) is 4. The van der Waals surface area contributed by atoms with E-state index in [0.29, 0.717) is 0 Å². The predicted octanol–water partition coefficient (Wildman–Crippen LogP) is 6.37. The lowest BCUT2D eigenvalue weighted by Gasteiger charge is -2.22. The van der Waals surface area contributed by atoms with Gasteiger partial charge in [0.05, 0.1) is 0 Å². The summed E-state index contributed by atoms with van der Waals surface area (Å²) in [5, 5.41) is 2.87. The zero-order valence-electron chi connectivity index (χ0n) is 11.1. The first-order chi connectivity index (χ1) is 9.80. The molecule has 0 bridgehead atoms. The number of rotatable bonds is 2. The predicted molar refractivity (Wildman–Crippen MR) is 98.6 cm³/mol. The molecule has 0 N–H and O–H groups in total. The number of hydrogen-bond donors (Lipinski definition) is 0. The van der Waals surface area contributed by atoms with Crippen molar-refractivity contribution in [1.29, 1.82) is 0 Å². The van der Waals surface area contributed by atoms with Gasteiger partial charge in [-0.05, 0) is 47.9 Å². The Bertz CT molecular complexity index is 719. The first-order valence-corrected chi connectivity index (χ1v) is 10.3. The third kappa shape index (κ3) is 1.97. The molecule has 0 saturated heterocycles. The minimum absolute atomic E-state index is 1.37. The smallest absolute Gasteiger partial charge is 0.0453 e. The summed E-state index contributed by atoms with van der Waals surface area (Å²) >= 11 is 7.45. The largest absolute Gasteiger partial charge is 0.122 e. The van der Waals surface area contributed by atoms with E-state index in [1.807, 2.05) is 47.0 Å². The summed E-state index contributed by atoms with van der Waals surface area (Å²) in [5.74, 6) is 0. The van der Waals surface area contributed by atoms with Gasteiger partial charge in [0, 0.05) is 29.0 Å². The van der Waals surface area contributed by atoms with Gasteiger partial charge in [-0.2, -0.15) is 0 Å². The van der Waals surface area contributed by atoms with Gasteiger partial charge in [-0.3, -0.25) is 0 Å². The van der Waals surface area contributed by atoms with Crippen molar-refractivity contribution in [3.8, 4) is 0 Å². The normalized spacial score (nSPS) is 16.1. The molecule has 4 heteroatoms. The van der Waals surface area contributed by atoms with E-state index in [0.717, 1.165) is 0 Å². The first-order valence-electron chi connectivity index (χ1n) is 6.27. The van der Waals surface area contributed by atoms with Crippen LogP contribution in [0.2, 0.25) is 0 Å². The second kappa shape index (κ2) is 5.09. The van der Waals surface area contributed by atoms with Crippen LogP contribution in [-0.4, -0.2) is 12.5 Å². The zero-order chi connectivity index (χ0) is 13.7. The van der Waals surface area contributed by atoms with Gasteiger partial charge in [-0.15, -0.1) is 23.5 Å². The Morgan fingerprint density at radius 3 is 1.55 bits per heavy atom. The fourth-order valence-corrected chi connectivity index (χ4v) is 6.04. The van der Waals surface area contributed by atoms with Crippen LogP contribution in [0.3, 0.4) is 0 Å². The molecule has 0 aromatic heterocycles. The van der Waals surface area contributed by atoms with Crippen molar-refractivity contribution in [3.05, 3.63) is 43.9 Å². The SMILES string of the molecule is CSC1=Cc2ccc3c4c(ccc(c24)S1)C=C(SC)S3. The Labute approximate surface area is 135 Å². The molecule has 4 rings (SSSR count). The van der Waals surface area contributed by atoms with Crippen LogP contribution in [-0.2, 0) is 0 Å². The maximum absolute atomic E-state index is 2.32. The van der Waals surface area contributed by atoms with Crippen molar-refractivity contribution < 1.29 is 0 Å². The van der Waals surface area contributed by atoms with E-state index < -0.39 is 0 Å². The lowest BCUT2D eigenvalue weighted by Crippen LogP contribution is -1.95. The minimum Gasteiger partial charge on any atom is -0.122 e. The minimum atomic E-state index is 1.37. The average molecular weight is 333 g/mol. The maximum atomic E-state index is 2.32. The lowest BCUT2D eigenvalue weighted by molar-refractivity contribution is 1.45. The van der Waals surface area contributed by atoms with Crippen LogP contribution in [0.15, 0.2) is 42.5 Å². The molecule has 0 amide bonds. The summed E-state index contributed by atoms with van der Waals surface area (Å²) in [6.07, 6.45) is 8.94. The van der Waals surface area contributed by atoms with Crippen LogP contribution in [0.1, 0.15) is 11.1 Å². The molecule has 0 saturated carbocycles. The molecule has 0 atom stereocenters. The lowest BCUT2D eigenvalue weighted by atomic mass is 9.99. The molecule has 2 aromatic rings. The van der Waals surface area contributed by atoms with Gasteiger partial charge in [0.15, 0.2) is 0 Å². The first kappa shape index (κ1) is 13.3. The maximum Gasteiger partial charge on any atom is 0.0453 e. The highest BCUT2D eigenvalue weighted by molar-refractivity contribution is 8.22. The standard InChI is InChI=1S/C16H12S4/c1-17-13-7-9-3-6-12-16-10(8-14(18-2)20-12)4-5-11(19-13)15(9)16/h3-8H,1-2H3. The van der Waals surface area contributed by atoms with Gasteiger partial charge < -0.3 is 0 Å². The van der Waals surface area contributed by atoms with Crippen LogP contribution in [0.5, 0.6) is 0 Å². The van der Waals surface area contributed by atoms with Gasteiger partial charge >= 0.3 is 0 Å². The summed E-state index contributed by atoms with van der Waals surface area (Å²) in [4.78, 5) is 2.79. The highest BCUT2D eigenvalue weighted by atomic mass is 32.2. The molecule has 0 radical (unpaired) electrons. The quantitative estimate of drug-likeness (QED) is 0.626. The van der Waals surface area contributed by atoms with Gasteiger partial charge in [-0.25, -0.2) is 0 Å². The highest BCUT2D eigenvalue weighted by Gasteiger charge is 2.21. The van der Waals surface area contributed by atoms with Gasteiger partial charge in [0.1, 0.15) is 0 Å². The fourth-order valence-electron chi connectivity index (χ4n) is 2.63.